The first-order chi connectivity index (χ1) is 52.2. The molecule has 2 aliphatic rings. The number of carbonyl (C=O) groups excluding carboxylic acids is 14. The lowest BCUT2D eigenvalue weighted by Crippen LogP contribution is -2.53. The van der Waals surface area contributed by atoms with Crippen molar-refractivity contribution in [2.75, 3.05) is 26.2 Å². The molecular formula is C81H126N10O21. The topological polar surface area (TPSA) is 438 Å². The molecule has 2 aromatic carbocycles. The van der Waals surface area contributed by atoms with Crippen molar-refractivity contribution in [1.82, 2.24) is 47.9 Å². The minimum Gasteiger partial charge on any atom is -0.461 e. The van der Waals surface area contributed by atoms with Crippen LogP contribution in [0, 0.1) is 11.8 Å². The molecule has 31 nitrogen and oxygen atoms in total. The predicted octanol–water partition coefficient (Wildman–Crippen LogP) is 7.51. The number of rotatable bonds is 40. The van der Waals surface area contributed by atoms with Crippen LogP contribution in [0.1, 0.15) is 238 Å². The summed E-state index contributed by atoms with van der Waals surface area (Å²) in [4.78, 5) is 190. The normalized spacial score (nSPS) is 16.7. The lowest BCUT2D eigenvalue weighted by Gasteiger charge is -2.30. The molecule has 7 unspecified atom stereocenters. The molecule has 31 heteroatoms. The van der Waals surface area contributed by atoms with Crippen LogP contribution in [0.2, 0.25) is 0 Å². The number of urea groups is 1. The molecule has 7 atom stereocenters. The molecule has 2 saturated carbocycles. The SMILES string of the molecule is C=CCOC(=O)NCCCCC(NC(=O)CC(NC(=O)CC(NC(=O)CC(N)C(=O)OC(C)(C)C)C(=O)OC(C)(C)C)C(=O)OC(C)(C)C)C(=O)NCC1CCC(C(=O)NC(Cc2ccc3ccccc3c2)C(=O)NCCCCC(NC(=O)NC(CCC(=O)OC(C)(C)C)C(=O)OC(C)(C)C)C(=O)OC2CCCCC2)CC1. The Labute approximate surface area is 659 Å². The van der Waals surface area contributed by atoms with Crippen LogP contribution >= 0.6 is 0 Å². The number of nitrogens with two attached hydrogens (primary N) is 1. The fourth-order valence-electron chi connectivity index (χ4n) is 12.3. The molecule has 112 heavy (non-hydrogen) atoms. The summed E-state index contributed by atoms with van der Waals surface area (Å²) in [5.41, 5.74) is 1.89. The molecule has 0 aliphatic heterocycles. The number of carbonyl (C=O) groups is 14. The Morgan fingerprint density at radius 2 is 0.946 bits per heavy atom. The van der Waals surface area contributed by atoms with Crippen LogP contribution in [0.4, 0.5) is 9.59 Å². The summed E-state index contributed by atoms with van der Waals surface area (Å²) in [6.07, 6.45) is 5.23. The van der Waals surface area contributed by atoms with Gasteiger partial charge in [-0.25, -0.2) is 28.8 Å². The zero-order valence-corrected chi connectivity index (χ0v) is 68.4. The van der Waals surface area contributed by atoms with Crippen LogP contribution in [-0.2, 0) is 97.1 Å². The fraction of sp³-hybridized carbons (Fsp3) is 0.679. The van der Waals surface area contributed by atoms with E-state index in [1.54, 1.807) is 104 Å². The van der Waals surface area contributed by atoms with Gasteiger partial charge in [0.1, 0.15) is 83.0 Å². The fourth-order valence-corrected chi connectivity index (χ4v) is 12.3. The number of hydrogen-bond acceptors (Lipinski definition) is 22. The molecule has 0 heterocycles. The first-order valence-electron chi connectivity index (χ1n) is 39.1. The van der Waals surface area contributed by atoms with E-state index in [0.29, 0.717) is 57.8 Å². The molecule has 0 aromatic heterocycles. The van der Waals surface area contributed by atoms with Gasteiger partial charge < -0.3 is 86.7 Å². The van der Waals surface area contributed by atoms with Crippen molar-refractivity contribution >= 4 is 94.2 Å². The standard InChI is InChI=1S/C81H126N10O21/c1-17-43-106-76(105)84-42-26-23-31-57(86-64(93)47-62(74(103)112-81(14,15)16)88-65(94)48-61(73(102)111-80(11,12)13)87-63(92)46-56(82)70(99)109-78(5,6)7)68(97)85-49-50-33-37-53(38-34-50)67(96)89-60(45-51-35-36-52-27-21-22-28-54(52)44-51)69(98)83-41-25-24-32-58(71(100)107-55-29-19-18-20-30-55)90-75(104)91-59(72(101)110-79(8,9)10)39-40-66(95)108-77(2,3)4/h17,21-22,27-28,35-36,44,50,53,55-62H,1,18-20,23-26,29-34,37-43,45-49,82H2,2-16H3,(H,83,98)(H,84,105)(H,85,97)(H,86,93)(H,87,92)(H,88,94)(H,89,96)(H2,90,91,104). The van der Waals surface area contributed by atoms with E-state index in [4.69, 9.17) is 38.9 Å². The van der Waals surface area contributed by atoms with E-state index in [9.17, 15) is 67.1 Å². The van der Waals surface area contributed by atoms with Crippen LogP contribution in [0.25, 0.3) is 10.8 Å². The number of unbranched alkanes of at least 4 members (excludes halogenated alkanes) is 2. The number of benzene rings is 2. The van der Waals surface area contributed by atoms with Crippen molar-refractivity contribution < 1.29 is 100 Å². The third-order valence-electron chi connectivity index (χ3n) is 17.5. The highest BCUT2D eigenvalue weighted by atomic mass is 16.6. The minimum absolute atomic E-state index is 0.0217. The van der Waals surface area contributed by atoms with Gasteiger partial charge in [0, 0.05) is 38.4 Å². The smallest absolute Gasteiger partial charge is 0.407 e. The lowest BCUT2D eigenvalue weighted by atomic mass is 9.81. The van der Waals surface area contributed by atoms with Crippen LogP contribution < -0.4 is 53.6 Å². The zero-order valence-electron chi connectivity index (χ0n) is 68.4. The quantitative estimate of drug-likeness (QED) is 0.0133. The number of hydrogen-bond donors (Lipinski definition) is 10. The van der Waals surface area contributed by atoms with E-state index in [0.717, 1.165) is 35.6 Å². The van der Waals surface area contributed by atoms with Crippen molar-refractivity contribution in [1.29, 1.82) is 0 Å². The Kier molecular flexibility index (Phi) is 38.4. The van der Waals surface area contributed by atoms with E-state index in [1.807, 2.05) is 42.5 Å². The highest BCUT2D eigenvalue weighted by Gasteiger charge is 2.38. The first-order valence-corrected chi connectivity index (χ1v) is 39.1. The van der Waals surface area contributed by atoms with E-state index in [2.05, 4.69) is 54.4 Å². The Hall–Kier alpha value is -9.42. The van der Waals surface area contributed by atoms with Gasteiger partial charge in [-0.15, -0.1) is 0 Å². The third kappa shape index (κ3) is 39.2. The van der Waals surface area contributed by atoms with E-state index < -0.39 is 173 Å². The average molecular weight is 1580 g/mol. The molecule has 9 amide bonds. The second kappa shape index (κ2) is 45.3. The van der Waals surface area contributed by atoms with Crippen molar-refractivity contribution in [3.8, 4) is 0 Å². The first kappa shape index (κ1) is 95.0. The summed E-state index contributed by atoms with van der Waals surface area (Å²) >= 11 is 0. The van der Waals surface area contributed by atoms with E-state index in [1.165, 1.54) is 6.08 Å². The van der Waals surface area contributed by atoms with Gasteiger partial charge in [-0.05, 0) is 222 Å². The predicted molar refractivity (Wildman–Crippen MR) is 417 cm³/mol. The minimum atomic E-state index is -1.71. The van der Waals surface area contributed by atoms with E-state index in [-0.39, 0.29) is 82.7 Å². The van der Waals surface area contributed by atoms with Crippen molar-refractivity contribution in [3.63, 3.8) is 0 Å². The zero-order chi connectivity index (χ0) is 83.7. The van der Waals surface area contributed by atoms with Crippen LogP contribution in [0.15, 0.2) is 55.1 Å². The van der Waals surface area contributed by atoms with Crippen LogP contribution in [0.5, 0.6) is 0 Å². The molecule has 626 valence electrons. The third-order valence-corrected chi connectivity index (χ3v) is 17.5. The highest BCUT2D eigenvalue weighted by molar-refractivity contribution is 5.95. The largest absolute Gasteiger partial charge is 0.461 e. The molecule has 0 radical (unpaired) electrons. The second-order valence-corrected chi connectivity index (χ2v) is 33.8. The maximum absolute atomic E-state index is 14.4. The second-order valence-electron chi connectivity index (χ2n) is 33.8. The monoisotopic (exact) mass is 1570 g/mol. The van der Waals surface area contributed by atoms with Gasteiger partial charge in [0.05, 0.1) is 19.3 Å². The molecule has 2 aromatic rings. The Morgan fingerprint density at radius 3 is 1.48 bits per heavy atom. The molecule has 0 saturated heterocycles. The van der Waals surface area contributed by atoms with Gasteiger partial charge in [0.15, 0.2) is 0 Å². The van der Waals surface area contributed by atoms with Gasteiger partial charge in [-0.1, -0.05) is 61.5 Å². The highest BCUT2D eigenvalue weighted by Crippen LogP contribution is 2.30. The summed E-state index contributed by atoms with van der Waals surface area (Å²) < 4.78 is 38.3. The summed E-state index contributed by atoms with van der Waals surface area (Å²) in [5, 5.41) is 26.3. The summed E-state index contributed by atoms with van der Waals surface area (Å²) in [7, 11) is 0. The van der Waals surface area contributed by atoms with Crippen molar-refractivity contribution in [2.24, 2.45) is 17.6 Å². The number of amides is 9. The number of ether oxygens (including phenoxy) is 7. The molecule has 0 spiro atoms. The van der Waals surface area contributed by atoms with Gasteiger partial charge >= 0.3 is 47.9 Å². The van der Waals surface area contributed by atoms with Gasteiger partial charge in [-0.2, -0.15) is 0 Å². The Bertz CT molecular complexity index is 3520. The molecule has 0 bridgehead atoms. The van der Waals surface area contributed by atoms with Crippen molar-refractivity contribution in [3.05, 3.63) is 60.7 Å². The average Bonchev–Trinajstić information content (AvgIpc) is 0.822. The maximum atomic E-state index is 14.4. The summed E-state index contributed by atoms with van der Waals surface area (Å²) in [6.45, 7) is 28.2. The summed E-state index contributed by atoms with van der Waals surface area (Å²) in [6, 6.07) is 3.18. The molecule has 2 fully saturated rings. The Morgan fingerprint density at radius 1 is 0.473 bits per heavy atom. The lowest BCUT2D eigenvalue weighted by molar-refractivity contribution is -0.161. The molecular weight excluding hydrogens is 1450 g/mol. The number of nitrogens with one attached hydrogen (secondary N) is 9. The Balaban J connectivity index is 1.47. The molecule has 2 aliphatic carbocycles. The van der Waals surface area contributed by atoms with Gasteiger partial charge in [0.2, 0.25) is 35.4 Å². The van der Waals surface area contributed by atoms with Crippen LogP contribution in [0.3, 0.4) is 0 Å². The van der Waals surface area contributed by atoms with E-state index >= 15 is 0 Å². The number of esters is 6. The molecule has 11 N–H and O–H groups in total. The van der Waals surface area contributed by atoms with Crippen LogP contribution in [-0.4, -0.2) is 186 Å². The number of fused-ring (bicyclic) bond motifs is 1. The number of alkyl carbamates (subject to hydrolysis) is 1. The van der Waals surface area contributed by atoms with Gasteiger partial charge in [-0.3, -0.25) is 38.4 Å². The molecule has 4 rings (SSSR count). The van der Waals surface area contributed by atoms with Gasteiger partial charge in [0.25, 0.3) is 0 Å². The maximum Gasteiger partial charge on any atom is 0.407 e. The summed E-state index contributed by atoms with van der Waals surface area (Å²) in [5.74, 6) is -9.81. The van der Waals surface area contributed by atoms with Crippen molar-refractivity contribution in [2.45, 2.75) is 315 Å².